The number of fused-ring (bicyclic) bond motifs is 1. The summed E-state index contributed by atoms with van der Waals surface area (Å²) in [5.41, 5.74) is 8.21. The van der Waals surface area contributed by atoms with Crippen LogP contribution in [-0.4, -0.2) is 5.75 Å². The van der Waals surface area contributed by atoms with E-state index in [1.54, 1.807) is 4.88 Å². The molecule has 0 nitrogen and oxygen atoms in total. The van der Waals surface area contributed by atoms with Gasteiger partial charge in [0.2, 0.25) is 0 Å². The third-order valence-corrected chi connectivity index (χ3v) is 7.47. The van der Waals surface area contributed by atoms with E-state index >= 15 is 0 Å². The number of aryl methyl sites for hydroxylation is 3. The average molecular weight is 337 g/mol. The Kier molecular flexibility index (Phi) is 4.40. The maximum Gasteiger partial charge on any atom is 0.0933 e. The molecule has 112 valence electrons. The molecule has 2 aromatic rings. The summed E-state index contributed by atoms with van der Waals surface area (Å²) >= 11 is 10.9. The van der Waals surface area contributed by atoms with Crippen LogP contribution in [0.5, 0.6) is 0 Å². The first kappa shape index (κ1) is 15.5. The second-order valence-electron chi connectivity index (χ2n) is 5.94. The number of alkyl halides is 1. The van der Waals surface area contributed by atoms with Crippen molar-refractivity contribution in [2.45, 2.75) is 45.2 Å². The number of hydrogen-bond donors (Lipinski definition) is 0. The summed E-state index contributed by atoms with van der Waals surface area (Å²) in [5.74, 6) is 2.40. The van der Waals surface area contributed by atoms with Gasteiger partial charge in [0.15, 0.2) is 0 Å². The molecule has 21 heavy (non-hydrogen) atoms. The quantitative estimate of drug-likeness (QED) is 0.597. The molecule has 0 aliphatic carbocycles. The Balaban J connectivity index is 2.06. The van der Waals surface area contributed by atoms with Crippen LogP contribution >= 0.6 is 34.7 Å². The first-order valence-electron chi connectivity index (χ1n) is 7.39. The molecule has 3 heteroatoms. The van der Waals surface area contributed by atoms with Gasteiger partial charge in [-0.25, -0.2) is 0 Å². The van der Waals surface area contributed by atoms with E-state index in [1.807, 2.05) is 23.1 Å². The largest absolute Gasteiger partial charge is 0.157 e. The molecule has 1 atom stereocenters. The van der Waals surface area contributed by atoms with Crippen molar-refractivity contribution in [2.24, 2.45) is 0 Å². The van der Waals surface area contributed by atoms with E-state index in [0.29, 0.717) is 0 Å². The Morgan fingerprint density at radius 1 is 1.05 bits per heavy atom. The lowest BCUT2D eigenvalue weighted by atomic mass is 9.91. The molecule has 1 aromatic heterocycles. The highest BCUT2D eigenvalue weighted by molar-refractivity contribution is 7.98. The summed E-state index contributed by atoms with van der Waals surface area (Å²) in [6.45, 7) is 8.78. The molecule has 0 saturated heterocycles. The van der Waals surface area contributed by atoms with Crippen molar-refractivity contribution in [3.63, 3.8) is 0 Å². The third-order valence-electron chi connectivity index (χ3n) is 4.57. The SMILES string of the molecule is Cc1cc(C)c(C)c(C(Cl)c2cc3c(s2)CCSC3)c1C. The molecule has 0 saturated carbocycles. The molecule has 0 radical (unpaired) electrons. The highest BCUT2D eigenvalue weighted by Crippen LogP contribution is 2.42. The predicted molar refractivity (Wildman–Crippen MR) is 97.3 cm³/mol. The molecule has 0 amide bonds. The lowest BCUT2D eigenvalue weighted by Crippen LogP contribution is -2.02. The Bertz CT molecular complexity index is 635. The van der Waals surface area contributed by atoms with Crippen molar-refractivity contribution in [3.05, 3.63) is 55.3 Å². The van der Waals surface area contributed by atoms with Gasteiger partial charge in [-0.3, -0.25) is 0 Å². The van der Waals surface area contributed by atoms with Crippen LogP contribution in [0.1, 0.15) is 48.5 Å². The Labute approximate surface area is 140 Å². The third kappa shape index (κ3) is 2.78. The molecule has 0 bridgehead atoms. The lowest BCUT2D eigenvalue weighted by molar-refractivity contribution is 1.07. The van der Waals surface area contributed by atoms with Crippen molar-refractivity contribution >= 4 is 34.7 Å². The zero-order valence-corrected chi connectivity index (χ0v) is 15.4. The molecular weight excluding hydrogens is 316 g/mol. The van der Waals surface area contributed by atoms with Gasteiger partial charge in [0, 0.05) is 15.5 Å². The van der Waals surface area contributed by atoms with Gasteiger partial charge in [-0.05, 0) is 79.3 Å². The molecule has 0 spiro atoms. The van der Waals surface area contributed by atoms with Gasteiger partial charge in [0.05, 0.1) is 5.38 Å². The second kappa shape index (κ2) is 5.98. The summed E-state index contributed by atoms with van der Waals surface area (Å²) in [5, 5.41) is -0.01000. The number of halogens is 1. The van der Waals surface area contributed by atoms with E-state index in [1.165, 1.54) is 50.4 Å². The van der Waals surface area contributed by atoms with E-state index in [4.69, 9.17) is 11.6 Å². The van der Waals surface area contributed by atoms with Crippen LogP contribution in [0.25, 0.3) is 0 Å². The van der Waals surface area contributed by atoms with Crippen LogP contribution in [0, 0.1) is 27.7 Å². The Morgan fingerprint density at radius 2 is 1.71 bits per heavy atom. The molecule has 0 fully saturated rings. The molecule has 1 unspecified atom stereocenters. The number of thioether (sulfide) groups is 1. The molecular formula is C18H21ClS2. The Hall–Kier alpha value is -0.440. The lowest BCUT2D eigenvalue weighted by Gasteiger charge is -2.19. The summed E-state index contributed by atoms with van der Waals surface area (Å²) < 4.78 is 0. The number of benzene rings is 1. The van der Waals surface area contributed by atoms with Gasteiger partial charge in [-0.1, -0.05) is 6.07 Å². The van der Waals surface area contributed by atoms with E-state index in [0.717, 1.165) is 5.75 Å². The van der Waals surface area contributed by atoms with Gasteiger partial charge in [0.25, 0.3) is 0 Å². The zero-order valence-electron chi connectivity index (χ0n) is 13.0. The Morgan fingerprint density at radius 3 is 2.33 bits per heavy atom. The minimum absolute atomic E-state index is 0.01000. The van der Waals surface area contributed by atoms with Crippen molar-refractivity contribution in [2.75, 3.05) is 5.75 Å². The maximum atomic E-state index is 6.91. The summed E-state index contributed by atoms with van der Waals surface area (Å²) in [4.78, 5) is 2.87. The monoisotopic (exact) mass is 336 g/mol. The molecule has 1 aromatic carbocycles. The summed E-state index contributed by atoms with van der Waals surface area (Å²) in [6, 6.07) is 4.62. The van der Waals surface area contributed by atoms with Crippen molar-refractivity contribution in [1.29, 1.82) is 0 Å². The van der Waals surface area contributed by atoms with Crippen molar-refractivity contribution in [3.8, 4) is 0 Å². The van der Waals surface area contributed by atoms with Gasteiger partial charge < -0.3 is 0 Å². The smallest absolute Gasteiger partial charge is 0.0933 e. The normalized spacial score (nSPS) is 15.9. The van der Waals surface area contributed by atoms with E-state index in [-0.39, 0.29) is 5.38 Å². The van der Waals surface area contributed by atoms with Crippen LogP contribution < -0.4 is 0 Å². The minimum atomic E-state index is -0.01000. The van der Waals surface area contributed by atoms with Crippen LogP contribution in [0.2, 0.25) is 0 Å². The maximum absolute atomic E-state index is 6.91. The minimum Gasteiger partial charge on any atom is -0.157 e. The fourth-order valence-electron chi connectivity index (χ4n) is 3.06. The standard InChI is InChI=1S/C18H21ClS2/c1-10-7-11(2)13(4)17(12(10)3)18(19)16-8-14-9-20-6-5-15(14)21-16/h7-8,18H,5-6,9H2,1-4H3. The molecule has 3 rings (SSSR count). The van der Waals surface area contributed by atoms with E-state index < -0.39 is 0 Å². The second-order valence-corrected chi connectivity index (χ2v) is 8.65. The highest BCUT2D eigenvalue weighted by Gasteiger charge is 2.22. The van der Waals surface area contributed by atoms with Gasteiger partial charge in [0.1, 0.15) is 0 Å². The van der Waals surface area contributed by atoms with Crippen LogP contribution in [0.15, 0.2) is 12.1 Å². The number of rotatable bonds is 2. The van der Waals surface area contributed by atoms with E-state index in [9.17, 15) is 0 Å². The summed E-state index contributed by atoms with van der Waals surface area (Å²) in [7, 11) is 0. The number of hydrogen-bond acceptors (Lipinski definition) is 2. The summed E-state index contributed by atoms with van der Waals surface area (Å²) in [6.07, 6.45) is 1.21. The predicted octanol–water partition coefficient (Wildman–Crippen LogP) is 6.10. The van der Waals surface area contributed by atoms with Crippen LogP contribution in [0.4, 0.5) is 0 Å². The number of thiophene rings is 1. The zero-order chi connectivity index (χ0) is 15.1. The molecule has 0 N–H and O–H groups in total. The van der Waals surface area contributed by atoms with Gasteiger partial charge >= 0.3 is 0 Å². The highest BCUT2D eigenvalue weighted by atomic mass is 35.5. The van der Waals surface area contributed by atoms with Crippen molar-refractivity contribution < 1.29 is 0 Å². The fourth-order valence-corrected chi connectivity index (χ4v) is 5.95. The van der Waals surface area contributed by atoms with Crippen LogP contribution in [0.3, 0.4) is 0 Å². The first-order chi connectivity index (χ1) is 9.99. The van der Waals surface area contributed by atoms with Gasteiger partial charge in [-0.2, -0.15) is 11.8 Å². The van der Waals surface area contributed by atoms with Crippen LogP contribution in [-0.2, 0) is 12.2 Å². The molecule has 1 aliphatic heterocycles. The van der Waals surface area contributed by atoms with E-state index in [2.05, 4.69) is 39.8 Å². The molecule has 2 heterocycles. The average Bonchev–Trinajstić information content (AvgIpc) is 2.89. The topological polar surface area (TPSA) is 0 Å². The van der Waals surface area contributed by atoms with Gasteiger partial charge in [-0.15, -0.1) is 22.9 Å². The molecule has 1 aliphatic rings. The first-order valence-corrected chi connectivity index (χ1v) is 9.80. The fraction of sp³-hybridized carbons (Fsp3) is 0.444. The van der Waals surface area contributed by atoms with Crippen molar-refractivity contribution in [1.82, 2.24) is 0 Å².